The fraction of sp³-hybridized carbons (Fsp3) is 0.304. The first-order valence-electron chi connectivity index (χ1n) is 9.91. The van der Waals surface area contributed by atoms with E-state index in [4.69, 9.17) is 4.74 Å². The lowest BCUT2D eigenvalue weighted by Gasteiger charge is -2.13. The van der Waals surface area contributed by atoms with Crippen LogP contribution in [0.4, 0.5) is 11.5 Å². The fourth-order valence-corrected chi connectivity index (χ4v) is 3.60. The Balaban J connectivity index is 1.34. The molecule has 150 valence electrons. The van der Waals surface area contributed by atoms with Gasteiger partial charge >= 0.3 is 0 Å². The van der Waals surface area contributed by atoms with Crippen molar-refractivity contribution < 1.29 is 9.53 Å². The summed E-state index contributed by atoms with van der Waals surface area (Å²) in [7, 11) is 4.03. The lowest BCUT2D eigenvalue weighted by Crippen LogP contribution is -2.22. The van der Waals surface area contributed by atoms with Gasteiger partial charge in [-0.05, 0) is 60.2 Å². The SMILES string of the molecule is CN(C)c1ccc(Cn2nccc2NC(=O)COc2ccc3c(c2)CCC3)cc1. The van der Waals surface area contributed by atoms with Crippen LogP contribution >= 0.6 is 0 Å². The van der Waals surface area contributed by atoms with E-state index in [1.54, 1.807) is 16.9 Å². The van der Waals surface area contributed by atoms with Gasteiger partial charge in [0.15, 0.2) is 6.61 Å². The molecule has 1 aliphatic rings. The van der Waals surface area contributed by atoms with E-state index in [2.05, 4.69) is 51.7 Å². The number of anilines is 2. The van der Waals surface area contributed by atoms with Gasteiger partial charge in [-0.2, -0.15) is 5.10 Å². The smallest absolute Gasteiger partial charge is 0.263 e. The molecule has 4 rings (SSSR count). The number of rotatable bonds is 7. The topological polar surface area (TPSA) is 59.4 Å². The van der Waals surface area contributed by atoms with Crippen molar-refractivity contribution in [2.45, 2.75) is 25.8 Å². The molecular weight excluding hydrogens is 364 g/mol. The summed E-state index contributed by atoms with van der Waals surface area (Å²) in [4.78, 5) is 14.4. The van der Waals surface area contributed by atoms with Gasteiger partial charge in [0, 0.05) is 25.8 Å². The summed E-state index contributed by atoms with van der Waals surface area (Å²) in [6.07, 6.45) is 5.11. The Hall–Kier alpha value is -3.28. The first kappa shape index (κ1) is 19.1. The highest BCUT2D eigenvalue weighted by molar-refractivity contribution is 5.91. The van der Waals surface area contributed by atoms with Crippen LogP contribution in [-0.2, 0) is 24.2 Å². The van der Waals surface area contributed by atoms with E-state index in [-0.39, 0.29) is 12.5 Å². The van der Waals surface area contributed by atoms with Crippen LogP contribution in [0, 0.1) is 0 Å². The summed E-state index contributed by atoms with van der Waals surface area (Å²) < 4.78 is 7.46. The van der Waals surface area contributed by atoms with Crippen LogP contribution in [0.2, 0.25) is 0 Å². The maximum Gasteiger partial charge on any atom is 0.263 e. The maximum absolute atomic E-state index is 12.4. The first-order chi connectivity index (χ1) is 14.1. The van der Waals surface area contributed by atoms with Gasteiger partial charge in [-0.15, -0.1) is 0 Å². The highest BCUT2D eigenvalue weighted by atomic mass is 16.5. The Morgan fingerprint density at radius 1 is 1.10 bits per heavy atom. The summed E-state index contributed by atoms with van der Waals surface area (Å²) >= 11 is 0. The van der Waals surface area contributed by atoms with E-state index in [0.717, 1.165) is 29.8 Å². The van der Waals surface area contributed by atoms with Crippen LogP contribution in [0.1, 0.15) is 23.1 Å². The Kier molecular flexibility index (Phi) is 5.51. The second-order valence-electron chi connectivity index (χ2n) is 7.56. The average Bonchev–Trinajstić information content (AvgIpc) is 3.36. The molecule has 0 radical (unpaired) electrons. The zero-order chi connectivity index (χ0) is 20.2. The summed E-state index contributed by atoms with van der Waals surface area (Å²) in [6.45, 7) is 0.559. The van der Waals surface area contributed by atoms with Gasteiger partial charge < -0.3 is 15.0 Å². The normalized spacial score (nSPS) is 12.5. The van der Waals surface area contributed by atoms with Crippen LogP contribution in [0.15, 0.2) is 54.7 Å². The zero-order valence-electron chi connectivity index (χ0n) is 16.9. The minimum atomic E-state index is -0.199. The number of nitrogens with zero attached hydrogens (tertiary/aromatic N) is 3. The lowest BCUT2D eigenvalue weighted by atomic mass is 10.1. The molecule has 0 saturated carbocycles. The molecule has 1 heterocycles. The minimum absolute atomic E-state index is 0.0263. The summed E-state index contributed by atoms with van der Waals surface area (Å²) in [5.74, 6) is 1.20. The van der Waals surface area contributed by atoms with Crippen molar-refractivity contribution in [1.29, 1.82) is 0 Å². The first-order valence-corrected chi connectivity index (χ1v) is 9.91. The number of aryl methyl sites for hydroxylation is 2. The molecule has 0 saturated heterocycles. The maximum atomic E-state index is 12.4. The molecule has 0 aliphatic heterocycles. The largest absolute Gasteiger partial charge is 0.484 e. The molecule has 1 N–H and O–H groups in total. The van der Waals surface area contributed by atoms with E-state index in [1.807, 2.05) is 20.2 Å². The van der Waals surface area contributed by atoms with Crippen molar-refractivity contribution in [2.75, 3.05) is 30.9 Å². The molecule has 0 spiro atoms. The van der Waals surface area contributed by atoms with Crippen LogP contribution in [-0.4, -0.2) is 36.4 Å². The van der Waals surface area contributed by atoms with Crippen LogP contribution < -0.4 is 15.0 Å². The number of amides is 1. The number of ether oxygens (including phenoxy) is 1. The third-order valence-corrected chi connectivity index (χ3v) is 5.21. The third kappa shape index (κ3) is 4.59. The monoisotopic (exact) mass is 390 g/mol. The van der Waals surface area contributed by atoms with Crippen LogP contribution in [0.25, 0.3) is 0 Å². The number of carbonyl (C=O) groups excluding carboxylic acids is 1. The number of carbonyl (C=O) groups is 1. The van der Waals surface area contributed by atoms with Gasteiger partial charge in [-0.3, -0.25) is 4.79 Å². The molecular formula is C23H26N4O2. The molecule has 1 aromatic heterocycles. The Labute approximate surface area is 171 Å². The summed E-state index contributed by atoms with van der Waals surface area (Å²) in [5.41, 5.74) is 4.99. The van der Waals surface area contributed by atoms with Crippen molar-refractivity contribution in [3.63, 3.8) is 0 Å². The van der Waals surface area contributed by atoms with Gasteiger partial charge in [-0.1, -0.05) is 18.2 Å². The molecule has 0 unspecified atom stereocenters. The van der Waals surface area contributed by atoms with Gasteiger partial charge in [0.05, 0.1) is 12.7 Å². The second-order valence-corrected chi connectivity index (χ2v) is 7.56. The molecule has 0 bridgehead atoms. The predicted molar refractivity (Wildman–Crippen MR) is 115 cm³/mol. The van der Waals surface area contributed by atoms with Crippen molar-refractivity contribution in [2.24, 2.45) is 0 Å². The van der Waals surface area contributed by atoms with E-state index in [1.165, 1.54) is 17.5 Å². The predicted octanol–water partition coefficient (Wildman–Crippen LogP) is 3.50. The molecule has 6 nitrogen and oxygen atoms in total. The molecule has 6 heteroatoms. The number of hydrogen-bond acceptors (Lipinski definition) is 4. The molecule has 2 aromatic carbocycles. The number of fused-ring (bicyclic) bond motifs is 1. The summed E-state index contributed by atoms with van der Waals surface area (Å²) in [5, 5.41) is 7.22. The van der Waals surface area contributed by atoms with Crippen LogP contribution in [0.3, 0.4) is 0 Å². The molecule has 0 fully saturated rings. The second kappa shape index (κ2) is 8.39. The van der Waals surface area contributed by atoms with E-state index < -0.39 is 0 Å². The molecule has 1 aliphatic carbocycles. The van der Waals surface area contributed by atoms with E-state index >= 15 is 0 Å². The zero-order valence-corrected chi connectivity index (χ0v) is 16.9. The van der Waals surface area contributed by atoms with E-state index in [0.29, 0.717) is 12.4 Å². The van der Waals surface area contributed by atoms with E-state index in [9.17, 15) is 4.79 Å². The highest BCUT2D eigenvalue weighted by Crippen LogP contribution is 2.26. The Morgan fingerprint density at radius 3 is 2.69 bits per heavy atom. The van der Waals surface area contributed by atoms with Gasteiger partial charge in [0.1, 0.15) is 11.6 Å². The molecule has 29 heavy (non-hydrogen) atoms. The average molecular weight is 390 g/mol. The van der Waals surface area contributed by atoms with Gasteiger partial charge in [0.25, 0.3) is 5.91 Å². The quantitative estimate of drug-likeness (QED) is 0.671. The Morgan fingerprint density at radius 2 is 1.90 bits per heavy atom. The number of nitrogens with one attached hydrogen (secondary N) is 1. The number of benzene rings is 2. The van der Waals surface area contributed by atoms with Crippen LogP contribution in [0.5, 0.6) is 5.75 Å². The number of hydrogen-bond donors (Lipinski definition) is 1. The van der Waals surface area contributed by atoms with Crippen molar-refractivity contribution in [3.8, 4) is 5.75 Å². The van der Waals surface area contributed by atoms with Gasteiger partial charge in [-0.25, -0.2) is 4.68 Å². The number of aromatic nitrogens is 2. The minimum Gasteiger partial charge on any atom is -0.484 e. The third-order valence-electron chi connectivity index (χ3n) is 5.21. The molecule has 0 atom stereocenters. The summed E-state index contributed by atoms with van der Waals surface area (Å²) in [6, 6.07) is 16.2. The van der Waals surface area contributed by atoms with Crippen molar-refractivity contribution >= 4 is 17.4 Å². The van der Waals surface area contributed by atoms with Crippen molar-refractivity contribution in [1.82, 2.24) is 9.78 Å². The molecule has 3 aromatic rings. The van der Waals surface area contributed by atoms with Gasteiger partial charge in [0.2, 0.25) is 0 Å². The Bertz CT molecular complexity index is 992. The highest BCUT2D eigenvalue weighted by Gasteiger charge is 2.13. The lowest BCUT2D eigenvalue weighted by molar-refractivity contribution is -0.118. The van der Waals surface area contributed by atoms with Crippen molar-refractivity contribution in [3.05, 3.63) is 71.4 Å². The standard InChI is InChI=1S/C23H26N4O2/c1-26(2)20-9-6-17(7-10-20)15-27-22(12-13-24-27)25-23(28)16-29-21-11-8-18-4-3-5-19(18)14-21/h6-14H,3-5,15-16H2,1-2H3,(H,25,28). The molecule has 1 amide bonds. The fourth-order valence-electron chi connectivity index (χ4n) is 3.60.